The van der Waals surface area contributed by atoms with Crippen LogP contribution in [-0.4, -0.2) is 51.7 Å². The van der Waals surface area contributed by atoms with Gasteiger partial charge in [0, 0.05) is 29.7 Å². The van der Waals surface area contributed by atoms with Crippen LogP contribution in [0.15, 0.2) is 46.1 Å². The molecule has 1 unspecified atom stereocenters. The van der Waals surface area contributed by atoms with Crippen LogP contribution >= 0.6 is 19.1 Å². The zero-order chi connectivity index (χ0) is 24.0. The lowest BCUT2D eigenvalue weighted by atomic mass is 10.2. The average Bonchev–Trinajstić information content (AvgIpc) is 3.15. The molecule has 11 nitrogen and oxygen atoms in total. The van der Waals surface area contributed by atoms with Crippen molar-refractivity contribution in [2.24, 2.45) is 0 Å². The fourth-order valence-corrected chi connectivity index (χ4v) is 4.87. The topological polar surface area (TPSA) is 149 Å². The number of alkyl halides is 1. The summed E-state index contributed by atoms with van der Waals surface area (Å²) in [6.45, 7) is 1.15. The molecule has 0 saturated carbocycles. The van der Waals surface area contributed by atoms with Gasteiger partial charge in [-0.3, -0.25) is 18.9 Å². The number of nitrogens with one attached hydrogen (secondary N) is 2. The predicted molar refractivity (Wildman–Crippen MR) is 121 cm³/mol. The maximum Gasteiger partial charge on any atom is 0.413 e. The van der Waals surface area contributed by atoms with Crippen molar-refractivity contribution in [2.45, 2.75) is 38.2 Å². The van der Waals surface area contributed by atoms with Gasteiger partial charge in [0.05, 0.1) is 19.3 Å². The van der Waals surface area contributed by atoms with Crippen molar-refractivity contribution in [2.75, 3.05) is 24.2 Å². The number of rotatable bonds is 10. The third kappa shape index (κ3) is 6.13. The number of hydrogen-bond donors (Lipinski definition) is 3. The minimum atomic E-state index is -4.19. The van der Waals surface area contributed by atoms with E-state index in [4.69, 9.17) is 25.6 Å². The second-order valence-corrected chi connectivity index (χ2v) is 9.54. The number of benzene rings is 1. The average molecular weight is 502 g/mol. The summed E-state index contributed by atoms with van der Waals surface area (Å²) in [7, 11) is -4.19. The Bertz CT molecular complexity index is 1120. The molecule has 1 saturated heterocycles. The normalized spacial score (nSPS) is 22.0. The molecule has 33 heavy (non-hydrogen) atoms. The summed E-state index contributed by atoms with van der Waals surface area (Å²) < 4.78 is 30.4. The number of aryl methyl sites for hydroxylation is 1. The van der Waals surface area contributed by atoms with Crippen LogP contribution in [0.1, 0.15) is 25.1 Å². The number of H-pyrrole nitrogens is 1. The maximum absolute atomic E-state index is 13.2. The van der Waals surface area contributed by atoms with Gasteiger partial charge in [0.1, 0.15) is 12.3 Å². The molecule has 0 radical (unpaired) electrons. The summed E-state index contributed by atoms with van der Waals surface area (Å²) in [4.78, 5) is 38.7. The molecule has 1 fully saturated rings. The van der Waals surface area contributed by atoms with Gasteiger partial charge in [-0.25, -0.2) is 9.59 Å². The Morgan fingerprint density at radius 3 is 2.76 bits per heavy atom. The molecular weight excluding hydrogens is 477 g/mol. The first kappa shape index (κ1) is 25.2. The lowest BCUT2D eigenvalue weighted by Gasteiger charge is -2.22. The van der Waals surface area contributed by atoms with Crippen molar-refractivity contribution >= 4 is 30.5 Å². The van der Waals surface area contributed by atoms with E-state index < -0.39 is 49.5 Å². The van der Waals surface area contributed by atoms with Gasteiger partial charge in [-0.05, 0) is 25.5 Å². The Labute approximate surface area is 194 Å². The first-order valence-corrected chi connectivity index (χ1v) is 12.4. The number of para-hydroxylation sites is 1. The lowest BCUT2D eigenvalue weighted by molar-refractivity contribution is -0.0404. The highest BCUT2D eigenvalue weighted by atomic mass is 35.5. The van der Waals surface area contributed by atoms with E-state index >= 15 is 0 Å². The fraction of sp³-hybridized carbons (Fsp3) is 0.450. The summed E-state index contributed by atoms with van der Waals surface area (Å²) in [5.74, 6) is 0.184. The van der Waals surface area contributed by atoms with Crippen LogP contribution in [0.25, 0.3) is 0 Å². The largest absolute Gasteiger partial charge is 0.457 e. The smallest absolute Gasteiger partial charge is 0.413 e. The number of nitrogens with zero attached hydrogens (tertiary/aromatic N) is 1. The van der Waals surface area contributed by atoms with Crippen LogP contribution in [0.5, 0.6) is 0 Å². The molecule has 0 aliphatic carbocycles. The van der Waals surface area contributed by atoms with Crippen LogP contribution in [-0.2, 0) is 25.0 Å². The molecule has 0 amide bonds. The fourth-order valence-electron chi connectivity index (χ4n) is 3.26. The number of aromatic nitrogens is 2. The van der Waals surface area contributed by atoms with Gasteiger partial charge in [-0.15, -0.1) is 11.6 Å². The van der Waals surface area contributed by atoms with Crippen LogP contribution in [0, 0.1) is 0 Å². The van der Waals surface area contributed by atoms with E-state index in [0.29, 0.717) is 11.3 Å². The van der Waals surface area contributed by atoms with Crippen LogP contribution in [0.2, 0.25) is 0 Å². The molecule has 3 N–H and O–H groups in total. The summed E-state index contributed by atoms with van der Waals surface area (Å²) in [5.41, 5.74) is -1.65. The molecule has 180 valence electrons. The molecule has 2 heterocycles. The molecule has 1 aliphatic heterocycles. The van der Waals surface area contributed by atoms with E-state index in [1.807, 2.05) is 0 Å². The van der Waals surface area contributed by atoms with E-state index in [1.54, 1.807) is 37.3 Å². The Balaban J connectivity index is 1.74. The third-order valence-corrected chi connectivity index (χ3v) is 6.76. The second kappa shape index (κ2) is 11.1. The molecule has 13 heteroatoms. The van der Waals surface area contributed by atoms with E-state index in [-0.39, 0.29) is 25.3 Å². The van der Waals surface area contributed by atoms with Gasteiger partial charge < -0.3 is 24.2 Å². The number of ether oxygens (including phenoxy) is 2. The highest BCUT2D eigenvalue weighted by Crippen LogP contribution is 2.49. The molecule has 2 aromatic rings. The Hall–Kier alpha value is -2.43. The zero-order valence-corrected chi connectivity index (χ0v) is 19.5. The van der Waals surface area contributed by atoms with Gasteiger partial charge in [0.25, 0.3) is 5.56 Å². The van der Waals surface area contributed by atoms with Crippen molar-refractivity contribution in [3.05, 3.63) is 62.9 Å². The molecule has 1 aromatic heterocycles. The van der Waals surface area contributed by atoms with Gasteiger partial charge >= 0.3 is 18.9 Å². The predicted octanol–water partition coefficient (Wildman–Crippen LogP) is 2.44. The summed E-state index contributed by atoms with van der Waals surface area (Å²) in [5, 5.41) is 13.0. The number of halogens is 1. The SMILES string of the molecule is CCOC(=O)P(=O)(Nc1ccccc1)OC[C@H]1O[C@@H](n2cc(CCCl)c(=O)[nH]c2=O)C[C@@H]1O. The van der Waals surface area contributed by atoms with E-state index in [9.17, 15) is 24.1 Å². The van der Waals surface area contributed by atoms with Crippen molar-refractivity contribution < 1.29 is 28.5 Å². The van der Waals surface area contributed by atoms with E-state index in [2.05, 4.69) is 10.1 Å². The number of carbonyl (C=O) groups excluding carboxylic acids is 1. The lowest BCUT2D eigenvalue weighted by Crippen LogP contribution is -2.34. The van der Waals surface area contributed by atoms with Gasteiger partial charge in [-0.1, -0.05) is 18.2 Å². The molecule has 0 bridgehead atoms. The van der Waals surface area contributed by atoms with Crippen LogP contribution < -0.4 is 16.3 Å². The monoisotopic (exact) mass is 501 g/mol. The molecule has 1 aliphatic rings. The Kier molecular flexibility index (Phi) is 8.50. The maximum atomic E-state index is 13.2. The summed E-state index contributed by atoms with van der Waals surface area (Å²) in [6, 6.07) is 8.33. The standard InChI is InChI=1S/C20H25ClN3O8P/c1-2-30-20(28)33(29,23-14-6-4-3-5-7-14)31-12-16-15(25)10-17(32-16)24-11-13(8-9-21)18(26)22-19(24)27/h3-7,11,15-17,25H,2,8-10,12H2,1H3,(H,23,29)(H,22,26,27)/t15-,16+,17+,33?/m0/s1. The minimum Gasteiger partial charge on any atom is -0.457 e. The molecule has 4 atom stereocenters. The van der Waals surface area contributed by atoms with Crippen molar-refractivity contribution in [1.29, 1.82) is 0 Å². The van der Waals surface area contributed by atoms with E-state index in [1.165, 1.54) is 6.20 Å². The minimum absolute atomic E-state index is 0.00690. The second-order valence-electron chi connectivity index (χ2n) is 7.22. The number of anilines is 1. The van der Waals surface area contributed by atoms with Crippen LogP contribution in [0.3, 0.4) is 0 Å². The molecular formula is C20H25ClN3O8P. The Morgan fingerprint density at radius 2 is 2.09 bits per heavy atom. The highest BCUT2D eigenvalue weighted by molar-refractivity contribution is 7.76. The van der Waals surface area contributed by atoms with Gasteiger partial charge in [-0.2, -0.15) is 0 Å². The molecule has 3 rings (SSSR count). The number of hydrogen-bond acceptors (Lipinski definition) is 8. The van der Waals surface area contributed by atoms with Gasteiger partial charge in [0.15, 0.2) is 0 Å². The Morgan fingerprint density at radius 1 is 1.36 bits per heavy atom. The highest BCUT2D eigenvalue weighted by Gasteiger charge is 2.41. The number of aliphatic hydroxyl groups is 1. The van der Waals surface area contributed by atoms with Crippen molar-refractivity contribution in [3.63, 3.8) is 0 Å². The quantitative estimate of drug-likeness (QED) is 0.329. The first-order chi connectivity index (χ1) is 15.8. The zero-order valence-electron chi connectivity index (χ0n) is 17.8. The van der Waals surface area contributed by atoms with Crippen molar-refractivity contribution in [3.8, 4) is 0 Å². The third-order valence-electron chi connectivity index (χ3n) is 4.90. The summed E-state index contributed by atoms with van der Waals surface area (Å²) >= 11 is 5.70. The number of carbonyl (C=O) groups is 1. The number of aliphatic hydroxyl groups excluding tert-OH is 1. The van der Waals surface area contributed by atoms with Crippen LogP contribution in [0.4, 0.5) is 10.5 Å². The number of aromatic amines is 1. The van der Waals surface area contributed by atoms with Gasteiger partial charge in [0.2, 0.25) is 0 Å². The van der Waals surface area contributed by atoms with E-state index in [0.717, 1.165) is 4.57 Å². The van der Waals surface area contributed by atoms with Crippen molar-refractivity contribution in [1.82, 2.24) is 9.55 Å². The molecule has 1 aromatic carbocycles. The summed E-state index contributed by atoms with van der Waals surface area (Å²) in [6.07, 6.45) is -1.40. The molecule has 0 spiro atoms. The first-order valence-electron chi connectivity index (χ1n) is 10.3.